The number of rotatable bonds is 1. The quantitative estimate of drug-likeness (QED) is 0.246. The first-order chi connectivity index (χ1) is 18.9. The Hall–Kier alpha value is -2.18. The van der Waals surface area contributed by atoms with Gasteiger partial charge < -0.3 is 34.6 Å². The van der Waals surface area contributed by atoms with Gasteiger partial charge in [0.25, 0.3) is 0 Å². The van der Waals surface area contributed by atoms with E-state index in [1.54, 1.807) is 19.9 Å². The highest BCUT2D eigenvalue weighted by molar-refractivity contribution is 5.99. The zero-order valence-corrected chi connectivity index (χ0v) is 24.0. The van der Waals surface area contributed by atoms with Crippen LogP contribution in [0.3, 0.4) is 0 Å². The molecule has 2 aliphatic heterocycles. The number of hydrogen-bond donors (Lipinski definition) is 4. The molecule has 7 aliphatic rings. The third-order valence-corrected chi connectivity index (χ3v) is 13.2. The second-order valence-corrected chi connectivity index (χ2v) is 14.6. The maximum atomic E-state index is 14.9. The number of Topliss-reactive ketones (excluding diaryl/α,β-unsaturated/α-hetero) is 2. The maximum absolute atomic E-state index is 14.9. The van der Waals surface area contributed by atoms with Crippen LogP contribution in [0.25, 0.3) is 0 Å². The van der Waals surface area contributed by atoms with Crippen molar-refractivity contribution < 1.29 is 53.8 Å². The summed E-state index contributed by atoms with van der Waals surface area (Å²) in [6, 6.07) is 0. The van der Waals surface area contributed by atoms with Crippen molar-refractivity contribution in [3.05, 3.63) is 11.8 Å². The zero-order valence-electron chi connectivity index (χ0n) is 24.0. The van der Waals surface area contributed by atoms with Gasteiger partial charge in [0.15, 0.2) is 11.4 Å². The Morgan fingerprint density at radius 1 is 1.05 bits per heavy atom. The minimum Gasteiger partial charge on any atom is -0.462 e. The average Bonchev–Trinajstić information content (AvgIpc) is 3.56. The van der Waals surface area contributed by atoms with E-state index in [1.807, 2.05) is 13.8 Å². The Kier molecular flexibility index (Phi) is 5.16. The van der Waals surface area contributed by atoms with Crippen LogP contribution in [0.5, 0.6) is 0 Å². The molecule has 0 radical (unpaired) electrons. The lowest BCUT2D eigenvalue weighted by molar-refractivity contribution is -0.271. The van der Waals surface area contributed by atoms with Crippen molar-refractivity contribution in [3.8, 4) is 0 Å². The van der Waals surface area contributed by atoms with Gasteiger partial charge in [-0.15, -0.1) is 0 Å². The number of epoxide rings is 1. The van der Waals surface area contributed by atoms with Gasteiger partial charge in [0.1, 0.15) is 35.5 Å². The molecule has 7 rings (SSSR count). The largest absolute Gasteiger partial charge is 0.462 e. The van der Waals surface area contributed by atoms with E-state index in [1.165, 1.54) is 13.8 Å². The van der Waals surface area contributed by atoms with Gasteiger partial charge in [-0.3, -0.25) is 14.4 Å². The average molecular weight is 575 g/mol. The van der Waals surface area contributed by atoms with Crippen molar-refractivity contribution in [1.82, 2.24) is 0 Å². The molecule has 0 unspecified atom stereocenters. The first-order valence-electron chi connectivity index (χ1n) is 14.6. The molecule has 4 N–H and O–H groups in total. The summed E-state index contributed by atoms with van der Waals surface area (Å²) in [6.07, 6.45) is -3.34. The number of ketones is 2. The van der Waals surface area contributed by atoms with E-state index >= 15 is 0 Å². The molecule has 0 amide bonds. The summed E-state index contributed by atoms with van der Waals surface area (Å²) < 4.78 is 17.1. The van der Waals surface area contributed by atoms with Crippen molar-refractivity contribution in [2.45, 2.75) is 96.1 Å². The molecular weight excluding hydrogens is 536 g/mol. The van der Waals surface area contributed by atoms with Crippen LogP contribution in [0, 0.1) is 51.8 Å². The number of carbonyl (C=O) groups is 4. The van der Waals surface area contributed by atoms with Crippen molar-refractivity contribution in [3.63, 3.8) is 0 Å². The first kappa shape index (κ1) is 27.6. The van der Waals surface area contributed by atoms with Gasteiger partial charge in [0.05, 0.1) is 17.6 Å². The summed E-state index contributed by atoms with van der Waals surface area (Å²) in [6.45, 7) is 9.53. The fourth-order valence-corrected chi connectivity index (χ4v) is 10.8. The molecule has 11 heteroatoms. The van der Waals surface area contributed by atoms with Crippen LogP contribution in [0.2, 0.25) is 0 Å². The Morgan fingerprint density at radius 3 is 2.34 bits per heavy atom. The number of hydrogen-bond acceptors (Lipinski definition) is 11. The third kappa shape index (κ3) is 2.75. The van der Waals surface area contributed by atoms with Gasteiger partial charge in [0, 0.05) is 41.9 Å². The lowest BCUT2D eigenvalue weighted by Crippen LogP contribution is -2.76. The smallest absolute Gasteiger partial charge is 0.343 e. The molecule has 4 saturated carbocycles. The lowest BCUT2D eigenvalue weighted by Gasteiger charge is -2.65. The van der Waals surface area contributed by atoms with Crippen molar-refractivity contribution in [2.75, 3.05) is 0 Å². The van der Waals surface area contributed by atoms with Gasteiger partial charge in [-0.05, 0) is 44.1 Å². The molecule has 0 aromatic carbocycles. The number of aliphatic hydroxyl groups is 4. The fourth-order valence-electron chi connectivity index (χ4n) is 10.8. The van der Waals surface area contributed by atoms with Gasteiger partial charge in [-0.1, -0.05) is 20.8 Å². The molecule has 5 aliphatic carbocycles. The van der Waals surface area contributed by atoms with E-state index in [4.69, 9.17) is 14.2 Å². The van der Waals surface area contributed by atoms with E-state index in [0.717, 1.165) is 0 Å². The summed E-state index contributed by atoms with van der Waals surface area (Å²) in [5.41, 5.74) is -8.12. The third-order valence-electron chi connectivity index (χ3n) is 13.2. The number of fused-ring (bicyclic) bond motifs is 10. The lowest BCUT2D eigenvalue weighted by atomic mass is 9.40. The van der Waals surface area contributed by atoms with Crippen molar-refractivity contribution in [1.29, 1.82) is 0 Å². The monoisotopic (exact) mass is 574 g/mol. The van der Waals surface area contributed by atoms with E-state index in [9.17, 15) is 39.6 Å². The van der Waals surface area contributed by atoms with Crippen molar-refractivity contribution >= 4 is 23.5 Å². The Balaban J connectivity index is 1.44. The fraction of sp³-hybridized carbons (Fsp3) is 0.800. The normalized spacial score (nSPS) is 60.0. The highest BCUT2D eigenvalue weighted by Crippen LogP contribution is 2.74. The highest BCUT2D eigenvalue weighted by Gasteiger charge is 2.82. The topological polar surface area (TPSA) is 180 Å². The predicted octanol–water partition coefficient (Wildman–Crippen LogP) is 0.0525. The number of allylic oxidation sites excluding steroid dienone is 1. The number of aliphatic hydroxyl groups excluding tert-OH is 2. The van der Waals surface area contributed by atoms with E-state index < -0.39 is 105 Å². The summed E-state index contributed by atoms with van der Waals surface area (Å²) >= 11 is 0. The SMILES string of the molecule is CC(=O)O[C@H]1C[C@H]2[C@@H](C(=O)[C@H](O)[C@@]3(O)C[C@@H]4O[C@@H]4[C@H](O)[C@]23C)[C@@H]2C(=O)[C@@H]3[C@H]([C@H](C)C=C4OC(=O)[C@@](C)(O)[C@@]43C)[C@@]12C. The van der Waals surface area contributed by atoms with Gasteiger partial charge in [-0.2, -0.15) is 0 Å². The summed E-state index contributed by atoms with van der Waals surface area (Å²) in [4.78, 5) is 54.5. The Morgan fingerprint density at radius 2 is 1.71 bits per heavy atom. The maximum Gasteiger partial charge on any atom is 0.343 e. The summed E-state index contributed by atoms with van der Waals surface area (Å²) in [5, 5.41) is 46.4. The molecule has 0 aromatic rings. The minimum atomic E-state index is -2.04. The van der Waals surface area contributed by atoms with Crippen LogP contribution in [0.4, 0.5) is 0 Å². The van der Waals surface area contributed by atoms with Crippen LogP contribution >= 0.6 is 0 Å². The highest BCUT2D eigenvalue weighted by atomic mass is 16.6. The zero-order chi connectivity index (χ0) is 30.0. The Labute approximate surface area is 237 Å². The molecule has 11 nitrogen and oxygen atoms in total. The standard InChI is InChI=1S/C30H38O11/c1-10-7-15-28(5,29(6,37)25(36)41-15)19-17(10)26(3)14(39-11(2)31)8-12-16(18(26)21(19)33)20(32)23(34)30(38)9-13-22(40-13)24(35)27(12,30)4/h7,10,12-14,16-19,22-24,34-35,37-38H,8-9H2,1-6H3/t10-,12+,13+,14+,16-,17+,18-,19+,22+,23+,24+,26-,27+,28+,29-,30+/m1/s1. The molecule has 224 valence electrons. The number of ether oxygens (including phenoxy) is 3. The Bertz CT molecular complexity index is 1340. The van der Waals surface area contributed by atoms with Crippen LogP contribution in [0.15, 0.2) is 11.8 Å². The second-order valence-electron chi connectivity index (χ2n) is 14.6. The van der Waals surface area contributed by atoms with E-state index in [2.05, 4.69) is 0 Å². The molecule has 41 heavy (non-hydrogen) atoms. The van der Waals surface area contributed by atoms with Crippen LogP contribution < -0.4 is 0 Å². The summed E-state index contributed by atoms with van der Waals surface area (Å²) in [7, 11) is 0. The molecule has 0 aromatic heterocycles. The van der Waals surface area contributed by atoms with Gasteiger partial charge in [0.2, 0.25) is 0 Å². The van der Waals surface area contributed by atoms with Crippen LogP contribution in [0.1, 0.15) is 54.4 Å². The molecule has 0 spiro atoms. The molecule has 2 saturated heterocycles. The first-order valence-corrected chi connectivity index (χ1v) is 14.6. The molecule has 16 atom stereocenters. The van der Waals surface area contributed by atoms with Crippen LogP contribution in [-0.4, -0.2) is 85.7 Å². The number of carbonyl (C=O) groups excluding carboxylic acids is 4. The van der Waals surface area contributed by atoms with E-state index in [0.29, 0.717) is 0 Å². The molecular formula is C30H38O11. The molecule has 2 heterocycles. The molecule has 0 bridgehead atoms. The summed E-state index contributed by atoms with van der Waals surface area (Å²) in [5.74, 6) is -7.28. The van der Waals surface area contributed by atoms with Crippen molar-refractivity contribution in [2.24, 2.45) is 51.8 Å². The van der Waals surface area contributed by atoms with Gasteiger partial charge >= 0.3 is 11.9 Å². The predicted molar refractivity (Wildman–Crippen MR) is 136 cm³/mol. The minimum absolute atomic E-state index is 0.0502. The number of esters is 2. The molecule has 6 fully saturated rings. The van der Waals surface area contributed by atoms with Crippen LogP contribution in [-0.2, 0) is 33.4 Å². The van der Waals surface area contributed by atoms with Gasteiger partial charge in [-0.25, -0.2) is 4.79 Å². The van der Waals surface area contributed by atoms with E-state index in [-0.39, 0.29) is 30.3 Å². The second kappa shape index (κ2) is 7.66.